The van der Waals surface area contributed by atoms with Crippen molar-refractivity contribution in [3.8, 4) is 17.1 Å². The van der Waals surface area contributed by atoms with Crippen molar-refractivity contribution >= 4 is 11.6 Å². The summed E-state index contributed by atoms with van der Waals surface area (Å²) in [7, 11) is 0. The summed E-state index contributed by atoms with van der Waals surface area (Å²) in [6, 6.07) is 9.77. The molecule has 1 aliphatic rings. The molecule has 2 aromatic heterocycles. The number of nitrogens with zero attached hydrogens (tertiary/aromatic N) is 2. The molecule has 0 radical (unpaired) electrons. The van der Waals surface area contributed by atoms with Gasteiger partial charge in [0.25, 0.3) is 11.5 Å². The van der Waals surface area contributed by atoms with Crippen LogP contribution in [0, 0.1) is 0 Å². The number of aryl methyl sites for hydroxylation is 2. The Hall–Kier alpha value is -3.35. The van der Waals surface area contributed by atoms with E-state index in [0.717, 1.165) is 49.0 Å². The summed E-state index contributed by atoms with van der Waals surface area (Å²) in [5.74, 6) is 0.243. The third-order valence-electron chi connectivity index (χ3n) is 4.45. The van der Waals surface area contributed by atoms with Crippen molar-refractivity contribution in [2.75, 3.05) is 5.32 Å². The lowest BCUT2D eigenvalue weighted by Crippen LogP contribution is -2.16. The Balaban J connectivity index is 1.66. The fourth-order valence-electron chi connectivity index (χ4n) is 3.21. The maximum atomic E-state index is 12.5. The van der Waals surface area contributed by atoms with E-state index in [2.05, 4.69) is 14.9 Å². The van der Waals surface area contributed by atoms with Crippen LogP contribution in [0.1, 0.15) is 29.0 Å². The largest absolute Gasteiger partial charge is 0.494 e. The van der Waals surface area contributed by atoms with Crippen molar-refractivity contribution in [3.05, 3.63) is 64.3 Å². The molecule has 0 spiro atoms. The van der Waals surface area contributed by atoms with E-state index in [0.29, 0.717) is 5.69 Å². The minimum absolute atomic E-state index is 0.0881. The first kappa shape index (κ1) is 16.1. The summed E-state index contributed by atoms with van der Waals surface area (Å²) in [6.07, 6.45) is 5.26. The van der Waals surface area contributed by atoms with Crippen LogP contribution in [-0.2, 0) is 13.0 Å². The van der Waals surface area contributed by atoms with Crippen LogP contribution < -0.4 is 10.9 Å². The van der Waals surface area contributed by atoms with Crippen molar-refractivity contribution in [3.63, 3.8) is 0 Å². The van der Waals surface area contributed by atoms with Crippen LogP contribution in [0.4, 0.5) is 5.69 Å². The number of aromatic hydroxyl groups is 1. The van der Waals surface area contributed by atoms with Gasteiger partial charge in [-0.1, -0.05) is 18.2 Å². The monoisotopic (exact) mass is 350 g/mol. The third kappa shape index (κ3) is 3.11. The molecule has 7 nitrogen and oxygen atoms in total. The van der Waals surface area contributed by atoms with Gasteiger partial charge in [-0.2, -0.15) is 0 Å². The van der Waals surface area contributed by atoms with Gasteiger partial charge in [0.2, 0.25) is 0 Å². The fraction of sp³-hybridized carbons (Fsp3) is 0.211. The standard InChI is InChI=1S/C19H18N4O3/c24-17-9-12(10-18(25)22-17)19(26)21-14-6-2-1-5-13(14)15-11-23-8-4-3-7-16(23)20-15/h1-2,5-6,9-11H,3-4,7-8H2,(H,21,26)(H2,22,24,25). The van der Waals surface area contributed by atoms with Crippen LogP contribution in [0.5, 0.6) is 5.88 Å². The number of benzene rings is 1. The molecule has 0 bridgehead atoms. The number of pyridine rings is 1. The highest BCUT2D eigenvalue weighted by Gasteiger charge is 2.17. The highest BCUT2D eigenvalue weighted by atomic mass is 16.3. The van der Waals surface area contributed by atoms with E-state index in [1.54, 1.807) is 6.07 Å². The number of aromatic nitrogens is 3. The first-order valence-corrected chi connectivity index (χ1v) is 8.50. The Bertz CT molecular complexity index is 1010. The third-order valence-corrected chi connectivity index (χ3v) is 4.45. The van der Waals surface area contributed by atoms with E-state index in [4.69, 9.17) is 4.98 Å². The van der Waals surface area contributed by atoms with Crippen LogP contribution >= 0.6 is 0 Å². The van der Waals surface area contributed by atoms with Crippen LogP contribution in [0.3, 0.4) is 0 Å². The molecule has 3 heterocycles. The van der Waals surface area contributed by atoms with Crippen molar-refractivity contribution in [2.24, 2.45) is 0 Å². The zero-order valence-electron chi connectivity index (χ0n) is 14.0. The van der Waals surface area contributed by atoms with Gasteiger partial charge in [0.15, 0.2) is 5.88 Å². The van der Waals surface area contributed by atoms with E-state index in [1.807, 2.05) is 24.4 Å². The van der Waals surface area contributed by atoms with Gasteiger partial charge in [-0.25, -0.2) is 4.98 Å². The van der Waals surface area contributed by atoms with Crippen molar-refractivity contribution < 1.29 is 9.90 Å². The number of carbonyl (C=O) groups is 1. The topological polar surface area (TPSA) is 100 Å². The van der Waals surface area contributed by atoms with Crippen molar-refractivity contribution in [1.29, 1.82) is 0 Å². The second-order valence-corrected chi connectivity index (χ2v) is 6.31. The quantitative estimate of drug-likeness (QED) is 0.676. The zero-order valence-corrected chi connectivity index (χ0v) is 14.0. The molecule has 0 fully saturated rings. The van der Waals surface area contributed by atoms with Crippen LogP contribution in [0.2, 0.25) is 0 Å². The Morgan fingerprint density at radius 3 is 2.88 bits per heavy atom. The molecule has 7 heteroatoms. The van der Waals surface area contributed by atoms with Crippen LogP contribution in [-0.4, -0.2) is 25.5 Å². The summed E-state index contributed by atoms with van der Waals surface area (Å²) >= 11 is 0. The van der Waals surface area contributed by atoms with Gasteiger partial charge < -0.3 is 15.0 Å². The van der Waals surface area contributed by atoms with Gasteiger partial charge in [-0.05, 0) is 18.9 Å². The minimum atomic E-state index is -0.537. The number of imidazole rings is 1. The molecule has 132 valence electrons. The number of para-hydroxylation sites is 1. The molecule has 0 unspecified atom stereocenters. The van der Waals surface area contributed by atoms with Gasteiger partial charge in [0.05, 0.1) is 16.9 Å². The minimum Gasteiger partial charge on any atom is -0.494 e. The number of carbonyl (C=O) groups excluding carboxylic acids is 1. The number of hydrogen-bond donors (Lipinski definition) is 3. The Labute approximate surface area is 149 Å². The summed E-state index contributed by atoms with van der Waals surface area (Å²) < 4.78 is 2.16. The molecule has 26 heavy (non-hydrogen) atoms. The van der Waals surface area contributed by atoms with Crippen LogP contribution in [0.25, 0.3) is 11.3 Å². The average molecular weight is 350 g/mol. The predicted octanol–water partition coefficient (Wildman–Crippen LogP) is 2.53. The molecular formula is C19H18N4O3. The Kier molecular flexibility index (Phi) is 4.04. The van der Waals surface area contributed by atoms with E-state index in [1.165, 1.54) is 6.07 Å². The number of nitrogens with one attached hydrogen (secondary N) is 2. The first-order chi connectivity index (χ1) is 12.6. The van der Waals surface area contributed by atoms with Gasteiger partial charge in [-0.15, -0.1) is 0 Å². The smallest absolute Gasteiger partial charge is 0.256 e. The lowest BCUT2D eigenvalue weighted by atomic mass is 10.1. The van der Waals surface area contributed by atoms with Crippen LogP contribution in [0.15, 0.2) is 47.4 Å². The van der Waals surface area contributed by atoms with E-state index >= 15 is 0 Å². The SMILES string of the molecule is O=C(Nc1ccccc1-c1cn2c(n1)CCCC2)c1cc(O)[nH]c(=O)c1. The zero-order chi connectivity index (χ0) is 18.1. The maximum Gasteiger partial charge on any atom is 0.256 e. The lowest BCUT2D eigenvalue weighted by Gasteiger charge is -2.11. The number of fused-ring (bicyclic) bond motifs is 1. The highest BCUT2D eigenvalue weighted by Crippen LogP contribution is 2.29. The Morgan fingerprint density at radius 2 is 2.08 bits per heavy atom. The van der Waals surface area contributed by atoms with E-state index < -0.39 is 11.5 Å². The predicted molar refractivity (Wildman–Crippen MR) is 97.3 cm³/mol. The van der Waals surface area contributed by atoms with E-state index in [9.17, 15) is 14.7 Å². The second kappa shape index (κ2) is 6.51. The molecule has 0 saturated heterocycles. The summed E-state index contributed by atoms with van der Waals surface area (Å²) in [5.41, 5.74) is 1.78. The number of rotatable bonds is 3. The number of amides is 1. The summed E-state index contributed by atoms with van der Waals surface area (Å²) in [4.78, 5) is 30.9. The number of aromatic amines is 1. The molecule has 3 aromatic rings. The Morgan fingerprint density at radius 1 is 1.23 bits per heavy atom. The number of hydrogen-bond acceptors (Lipinski definition) is 4. The first-order valence-electron chi connectivity index (χ1n) is 8.50. The molecule has 1 aromatic carbocycles. The lowest BCUT2D eigenvalue weighted by molar-refractivity contribution is 0.102. The average Bonchev–Trinajstić information content (AvgIpc) is 3.05. The van der Waals surface area contributed by atoms with Gasteiger partial charge >= 0.3 is 0 Å². The molecule has 1 aliphatic heterocycles. The molecular weight excluding hydrogens is 332 g/mol. The van der Waals surface area contributed by atoms with Crippen molar-refractivity contribution in [2.45, 2.75) is 25.8 Å². The van der Waals surface area contributed by atoms with Gasteiger partial charge in [-0.3, -0.25) is 14.6 Å². The molecule has 0 aliphatic carbocycles. The summed E-state index contributed by atoms with van der Waals surface area (Å²) in [6.45, 7) is 0.961. The second-order valence-electron chi connectivity index (χ2n) is 6.31. The van der Waals surface area contributed by atoms with Gasteiger partial charge in [0, 0.05) is 36.9 Å². The van der Waals surface area contributed by atoms with Gasteiger partial charge in [0.1, 0.15) is 5.82 Å². The molecule has 0 atom stereocenters. The van der Waals surface area contributed by atoms with Crippen molar-refractivity contribution in [1.82, 2.24) is 14.5 Å². The molecule has 4 rings (SSSR count). The normalized spacial score (nSPS) is 13.2. The molecule has 1 amide bonds. The molecule has 0 saturated carbocycles. The number of anilines is 1. The number of H-pyrrole nitrogens is 1. The fourth-order valence-corrected chi connectivity index (χ4v) is 3.21. The maximum absolute atomic E-state index is 12.5. The highest BCUT2D eigenvalue weighted by molar-refractivity contribution is 6.06. The molecule has 3 N–H and O–H groups in total. The van der Waals surface area contributed by atoms with E-state index in [-0.39, 0.29) is 11.4 Å². The summed E-state index contributed by atoms with van der Waals surface area (Å²) in [5, 5.41) is 12.3.